The van der Waals surface area contributed by atoms with E-state index in [1.165, 1.54) is 65.6 Å². The first kappa shape index (κ1) is 31.9. The van der Waals surface area contributed by atoms with Gasteiger partial charge in [0.15, 0.2) is 5.82 Å². The molecule has 57 heavy (non-hydrogen) atoms. The van der Waals surface area contributed by atoms with Gasteiger partial charge in [-0.05, 0) is 98.1 Å². The Morgan fingerprint density at radius 2 is 0.912 bits per heavy atom. The van der Waals surface area contributed by atoms with E-state index in [1.54, 1.807) is 0 Å². The lowest BCUT2D eigenvalue weighted by molar-refractivity contribution is 1.18. The fourth-order valence-corrected chi connectivity index (χ4v) is 9.38. The van der Waals surface area contributed by atoms with Gasteiger partial charge < -0.3 is 4.57 Å². The van der Waals surface area contributed by atoms with Crippen LogP contribution in [0.25, 0.3) is 106 Å². The van der Waals surface area contributed by atoms with Crippen LogP contribution in [-0.2, 0) is 12.8 Å². The molecular formula is C54H35N3. The summed E-state index contributed by atoms with van der Waals surface area (Å²) in [5.74, 6) is 0.719. The standard InChI is InChI=1S/C54H35N3/c1-3-19-50-44(15-1)45-16-2-4-20-51(45)57(50)41-29-25-35(26-30-41)34-21-23-40(24-22-34)54-55-48(42-31-27-38-11-5-9-36-13-7-17-46(42)52(36)38)33-49(56-54)43-32-28-39-12-6-10-37-14-8-18-47(43)53(37)39/h1-9,12-33H,10-11H2. The molecule has 0 radical (unpaired) electrons. The molecule has 2 aliphatic carbocycles. The summed E-state index contributed by atoms with van der Waals surface area (Å²) >= 11 is 0. The molecule has 2 aliphatic rings. The minimum Gasteiger partial charge on any atom is -0.309 e. The molecule has 0 spiro atoms. The highest BCUT2D eigenvalue weighted by molar-refractivity contribution is 6.09. The fraction of sp³-hybridized carbons (Fsp3) is 0.0370. The van der Waals surface area contributed by atoms with E-state index in [0.717, 1.165) is 63.6 Å². The molecule has 0 saturated heterocycles. The van der Waals surface area contributed by atoms with Crippen molar-refractivity contribution in [2.45, 2.75) is 12.8 Å². The Hall–Kier alpha value is -7.36. The van der Waals surface area contributed by atoms with Crippen molar-refractivity contribution in [1.82, 2.24) is 14.5 Å². The van der Waals surface area contributed by atoms with Gasteiger partial charge in [-0.15, -0.1) is 0 Å². The zero-order chi connectivity index (χ0) is 37.5. The second-order valence-electron chi connectivity index (χ2n) is 15.3. The zero-order valence-electron chi connectivity index (χ0n) is 31.2. The molecule has 3 nitrogen and oxygen atoms in total. The predicted octanol–water partition coefficient (Wildman–Crippen LogP) is 13.7. The van der Waals surface area contributed by atoms with Gasteiger partial charge in [-0.3, -0.25) is 0 Å². The molecule has 2 heterocycles. The van der Waals surface area contributed by atoms with Crippen molar-refractivity contribution in [3.05, 3.63) is 198 Å². The summed E-state index contributed by atoms with van der Waals surface area (Å²) in [6.45, 7) is 0. The quantitative estimate of drug-likeness (QED) is 0.177. The second kappa shape index (κ2) is 12.6. The number of allylic oxidation sites excluding steroid dienone is 2. The average Bonchev–Trinajstić information content (AvgIpc) is 3.61. The van der Waals surface area contributed by atoms with Crippen LogP contribution in [0.1, 0.15) is 22.3 Å². The smallest absolute Gasteiger partial charge is 0.160 e. The Labute approximate surface area is 330 Å². The van der Waals surface area contributed by atoms with Crippen molar-refractivity contribution < 1.29 is 0 Å². The minimum atomic E-state index is 0.719. The van der Waals surface area contributed by atoms with E-state index < -0.39 is 0 Å². The predicted molar refractivity (Wildman–Crippen MR) is 239 cm³/mol. The molecule has 0 saturated carbocycles. The van der Waals surface area contributed by atoms with Crippen LogP contribution in [0, 0.1) is 0 Å². The average molecular weight is 726 g/mol. The highest BCUT2D eigenvalue weighted by atomic mass is 15.0. The molecule has 266 valence electrons. The van der Waals surface area contributed by atoms with Crippen LogP contribution in [0.15, 0.2) is 176 Å². The lowest BCUT2D eigenvalue weighted by Gasteiger charge is -2.18. The Morgan fingerprint density at radius 3 is 1.56 bits per heavy atom. The van der Waals surface area contributed by atoms with Crippen LogP contribution in [0.5, 0.6) is 0 Å². The van der Waals surface area contributed by atoms with Crippen LogP contribution in [0.3, 0.4) is 0 Å². The minimum absolute atomic E-state index is 0.719. The summed E-state index contributed by atoms with van der Waals surface area (Å²) in [4.78, 5) is 10.7. The third kappa shape index (κ3) is 5.06. The Morgan fingerprint density at radius 1 is 0.404 bits per heavy atom. The maximum atomic E-state index is 5.34. The van der Waals surface area contributed by atoms with Crippen LogP contribution < -0.4 is 0 Å². The summed E-state index contributed by atoms with van der Waals surface area (Å²) in [6, 6.07) is 59.5. The van der Waals surface area contributed by atoms with Gasteiger partial charge in [-0.2, -0.15) is 0 Å². The number of hydrogen-bond donors (Lipinski definition) is 0. The normalized spacial score (nSPS) is 13.0. The summed E-state index contributed by atoms with van der Waals surface area (Å²) in [6.07, 6.45) is 10.9. The molecule has 0 amide bonds. The Bertz CT molecular complexity index is 3200. The first-order valence-electron chi connectivity index (χ1n) is 19.8. The molecule has 0 N–H and O–H groups in total. The molecule has 0 unspecified atom stereocenters. The number of fused-ring (bicyclic) bond motifs is 3. The number of benzene rings is 8. The van der Waals surface area contributed by atoms with Gasteiger partial charge in [0.1, 0.15) is 0 Å². The third-order valence-electron chi connectivity index (χ3n) is 12.0. The monoisotopic (exact) mass is 725 g/mol. The number of rotatable bonds is 5. The SMILES string of the molecule is C1=Cc2ccc(-c3cc(-c4ccc5c6c(cccc46)C=CC5)nc(-c4ccc(-c5ccc(-n6c7ccccc7c7ccccc76)cc5)cc4)n3)c3cccc(c23)C1. The van der Waals surface area contributed by atoms with Crippen molar-refractivity contribution >= 4 is 55.5 Å². The zero-order valence-corrected chi connectivity index (χ0v) is 31.2. The number of para-hydroxylation sites is 2. The van der Waals surface area contributed by atoms with Gasteiger partial charge in [-0.25, -0.2) is 9.97 Å². The summed E-state index contributed by atoms with van der Waals surface area (Å²) in [7, 11) is 0. The molecule has 10 aromatic rings. The van der Waals surface area contributed by atoms with Gasteiger partial charge in [-0.1, -0.05) is 158 Å². The maximum Gasteiger partial charge on any atom is 0.160 e. The Kier molecular flexibility index (Phi) is 7.05. The second-order valence-corrected chi connectivity index (χ2v) is 15.3. The summed E-state index contributed by atoms with van der Waals surface area (Å²) in [5.41, 5.74) is 16.2. The maximum absolute atomic E-state index is 5.34. The van der Waals surface area contributed by atoms with E-state index >= 15 is 0 Å². The highest BCUT2D eigenvalue weighted by Crippen LogP contribution is 2.40. The van der Waals surface area contributed by atoms with Crippen molar-refractivity contribution in [1.29, 1.82) is 0 Å². The first-order valence-corrected chi connectivity index (χ1v) is 19.8. The summed E-state index contributed by atoms with van der Waals surface area (Å²) < 4.78 is 2.36. The van der Waals surface area contributed by atoms with E-state index in [0.29, 0.717) is 0 Å². The highest BCUT2D eigenvalue weighted by Gasteiger charge is 2.19. The molecule has 3 heteroatoms. The topological polar surface area (TPSA) is 30.7 Å². The molecule has 0 aliphatic heterocycles. The van der Waals surface area contributed by atoms with Crippen LogP contribution >= 0.6 is 0 Å². The van der Waals surface area contributed by atoms with Gasteiger partial charge in [0.2, 0.25) is 0 Å². The largest absolute Gasteiger partial charge is 0.309 e. The van der Waals surface area contributed by atoms with E-state index in [2.05, 4.69) is 193 Å². The number of aromatic nitrogens is 3. The van der Waals surface area contributed by atoms with Crippen molar-refractivity contribution in [3.63, 3.8) is 0 Å². The van der Waals surface area contributed by atoms with Crippen LogP contribution in [0.2, 0.25) is 0 Å². The van der Waals surface area contributed by atoms with Crippen LogP contribution in [0.4, 0.5) is 0 Å². The first-order chi connectivity index (χ1) is 28.2. The number of nitrogens with zero attached hydrogens (tertiary/aromatic N) is 3. The molecule has 0 bridgehead atoms. The van der Waals surface area contributed by atoms with E-state index in [9.17, 15) is 0 Å². The van der Waals surface area contributed by atoms with Crippen LogP contribution in [-0.4, -0.2) is 14.5 Å². The lowest BCUT2D eigenvalue weighted by atomic mass is 9.88. The molecule has 8 aromatic carbocycles. The summed E-state index contributed by atoms with van der Waals surface area (Å²) in [5, 5.41) is 7.63. The van der Waals surface area contributed by atoms with Gasteiger partial charge in [0.05, 0.1) is 22.4 Å². The van der Waals surface area contributed by atoms with E-state index in [-0.39, 0.29) is 0 Å². The fourth-order valence-electron chi connectivity index (χ4n) is 9.38. The third-order valence-corrected chi connectivity index (χ3v) is 12.0. The number of hydrogen-bond acceptors (Lipinski definition) is 2. The van der Waals surface area contributed by atoms with Crippen molar-refractivity contribution in [2.24, 2.45) is 0 Å². The molecule has 2 aromatic heterocycles. The molecule has 12 rings (SSSR count). The van der Waals surface area contributed by atoms with Gasteiger partial charge in [0.25, 0.3) is 0 Å². The van der Waals surface area contributed by atoms with E-state index in [1.807, 2.05) is 0 Å². The molecule has 0 fully saturated rings. The Balaban J connectivity index is 0.973. The molecular weight excluding hydrogens is 691 g/mol. The van der Waals surface area contributed by atoms with Gasteiger partial charge >= 0.3 is 0 Å². The molecule has 0 atom stereocenters. The van der Waals surface area contributed by atoms with E-state index in [4.69, 9.17) is 9.97 Å². The lowest BCUT2D eigenvalue weighted by Crippen LogP contribution is -2.00. The van der Waals surface area contributed by atoms with Crippen molar-refractivity contribution in [3.8, 4) is 50.7 Å². The van der Waals surface area contributed by atoms with Gasteiger partial charge in [0, 0.05) is 33.2 Å². The van der Waals surface area contributed by atoms with Crippen molar-refractivity contribution in [2.75, 3.05) is 0 Å².